The number of nitrogens with one attached hydrogen (secondary N) is 1. The highest BCUT2D eigenvalue weighted by molar-refractivity contribution is 7.90. The molecule has 1 N–H and O–H groups in total. The highest BCUT2D eigenvalue weighted by Gasteiger charge is 2.46. The van der Waals surface area contributed by atoms with Crippen LogP contribution in [0.5, 0.6) is 5.75 Å². The summed E-state index contributed by atoms with van der Waals surface area (Å²) >= 11 is 0. The van der Waals surface area contributed by atoms with Crippen LogP contribution >= 0.6 is 0 Å². The van der Waals surface area contributed by atoms with E-state index in [2.05, 4.69) is 19.2 Å². The maximum absolute atomic E-state index is 11.6. The molecule has 2 atom stereocenters. The summed E-state index contributed by atoms with van der Waals surface area (Å²) in [7, 11) is -3.18. The number of hydrogen-bond donors (Lipinski definition) is 1. The van der Waals surface area contributed by atoms with Crippen molar-refractivity contribution in [3.63, 3.8) is 0 Å². The molecule has 1 aromatic carbocycles. The standard InChI is InChI=1S/C14H19NO3S/c1-14(2)7-6-10-13(14)18-12-5-4-9(19(3,16)17)8-11(12)15-10/h4-5,8,10,13,15H,6-7H2,1-3H3. The van der Waals surface area contributed by atoms with Crippen molar-refractivity contribution in [2.75, 3.05) is 11.6 Å². The van der Waals surface area contributed by atoms with E-state index in [9.17, 15) is 8.42 Å². The maximum atomic E-state index is 11.6. The van der Waals surface area contributed by atoms with Gasteiger partial charge in [-0.1, -0.05) is 13.8 Å². The van der Waals surface area contributed by atoms with E-state index in [4.69, 9.17) is 4.74 Å². The molecule has 1 aromatic rings. The van der Waals surface area contributed by atoms with Crippen molar-refractivity contribution in [3.05, 3.63) is 18.2 Å². The number of rotatable bonds is 1. The van der Waals surface area contributed by atoms with Gasteiger partial charge in [0.15, 0.2) is 9.84 Å². The predicted octanol–water partition coefficient (Wildman–Crippen LogP) is 2.45. The molecule has 0 saturated heterocycles. The van der Waals surface area contributed by atoms with Gasteiger partial charge in [0.2, 0.25) is 0 Å². The maximum Gasteiger partial charge on any atom is 0.175 e. The predicted molar refractivity (Wildman–Crippen MR) is 74.4 cm³/mol. The zero-order valence-corrected chi connectivity index (χ0v) is 12.3. The van der Waals surface area contributed by atoms with Crippen LogP contribution in [0.3, 0.4) is 0 Å². The normalized spacial score (nSPS) is 27.9. The van der Waals surface area contributed by atoms with Crippen molar-refractivity contribution in [3.8, 4) is 5.75 Å². The van der Waals surface area contributed by atoms with Crippen LogP contribution in [0.15, 0.2) is 23.1 Å². The van der Waals surface area contributed by atoms with Crippen LogP contribution in [0.2, 0.25) is 0 Å². The average Bonchev–Trinajstić information content (AvgIpc) is 2.61. The minimum atomic E-state index is -3.18. The highest BCUT2D eigenvalue weighted by atomic mass is 32.2. The summed E-state index contributed by atoms with van der Waals surface area (Å²) in [6.07, 6.45) is 3.55. The van der Waals surface area contributed by atoms with Crippen LogP contribution in [0.1, 0.15) is 26.7 Å². The number of ether oxygens (including phenoxy) is 1. The van der Waals surface area contributed by atoms with Crippen LogP contribution in [0, 0.1) is 5.41 Å². The first-order valence-electron chi connectivity index (χ1n) is 6.55. The van der Waals surface area contributed by atoms with Crippen molar-refractivity contribution in [2.45, 2.75) is 43.7 Å². The van der Waals surface area contributed by atoms with Gasteiger partial charge in [-0.15, -0.1) is 0 Å². The molecule has 1 saturated carbocycles. The third-order valence-electron chi connectivity index (χ3n) is 4.21. The van der Waals surface area contributed by atoms with Gasteiger partial charge in [-0.3, -0.25) is 0 Å². The van der Waals surface area contributed by atoms with Crippen molar-refractivity contribution >= 4 is 15.5 Å². The van der Waals surface area contributed by atoms with Gasteiger partial charge >= 0.3 is 0 Å². The first-order chi connectivity index (χ1) is 8.77. The van der Waals surface area contributed by atoms with E-state index in [0.29, 0.717) is 4.90 Å². The van der Waals surface area contributed by atoms with Crippen molar-refractivity contribution in [1.82, 2.24) is 0 Å². The molecule has 0 bridgehead atoms. The van der Waals surface area contributed by atoms with Gasteiger partial charge in [0, 0.05) is 11.7 Å². The Kier molecular flexibility index (Phi) is 2.61. The molecule has 5 heteroatoms. The second-order valence-electron chi connectivity index (χ2n) is 6.25. The molecule has 1 heterocycles. The average molecular weight is 281 g/mol. The Morgan fingerprint density at radius 1 is 1.37 bits per heavy atom. The minimum Gasteiger partial charge on any atom is -0.486 e. The lowest BCUT2D eigenvalue weighted by Gasteiger charge is -2.36. The van der Waals surface area contributed by atoms with Gasteiger partial charge in [-0.05, 0) is 31.0 Å². The van der Waals surface area contributed by atoms with Crippen molar-refractivity contribution in [1.29, 1.82) is 0 Å². The van der Waals surface area contributed by atoms with Gasteiger partial charge in [0.25, 0.3) is 0 Å². The molecule has 19 heavy (non-hydrogen) atoms. The Bertz CT molecular complexity index is 622. The van der Waals surface area contributed by atoms with E-state index in [1.54, 1.807) is 18.2 Å². The van der Waals surface area contributed by atoms with E-state index in [1.807, 2.05) is 0 Å². The summed E-state index contributed by atoms with van der Waals surface area (Å²) in [4.78, 5) is 0.332. The molecule has 2 aliphatic rings. The third kappa shape index (κ3) is 2.10. The van der Waals surface area contributed by atoms with E-state index in [0.717, 1.165) is 24.3 Å². The lowest BCUT2D eigenvalue weighted by Crippen LogP contribution is -2.43. The number of fused-ring (bicyclic) bond motifs is 2. The van der Waals surface area contributed by atoms with Gasteiger partial charge < -0.3 is 10.1 Å². The fourth-order valence-electron chi connectivity index (χ4n) is 3.05. The second-order valence-corrected chi connectivity index (χ2v) is 8.26. The quantitative estimate of drug-likeness (QED) is 0.859. The molecule has 1 fully saturated rings. The monoisotopic (exact) mass is 281 g/mol. The lowest BCUT2D eigenvalue weighted by molar-refractivity contribution is 0.0900. The molecule has 1 aliphatic carbocycles. The largest absolute Gasteiger partial charge is 0.486 e. The smallest absolute Gasteiger partial charge is 0.175 e. The van der Waals surface area contributed by atoms with Crippen molar-refractivity contribution in [2.24, 2.45) is 5.41 Å². The summed E-state index contributed by atoms with van der Waals surface area (Å²) in [6, 6.07) is 5.31. The summed E-state index contributed by atoms with van der Waals surface area (Å²) in [5.74, 6) is 0.753. The summed E-state index contributed by atoms with van der Waals surface area (Å²) < 4.78 is 29.2. The zero-order valence-electron chi connectivity index (χ0n) is 11.4. The van der Waals surface area contributed by atoms with Crippen LogP contribution in [-0.4, -0.2) is 26.8 Å². The van der Waals surface area contributed by atoms with Crippen molar-refractivity contribution < 1.29 is 13.2 Å². The van der Waals surface area contributed by atoms with Gasteiger partial charge in [0.1, 0.15) is 11.9 Å². The Hall–Kier alpha value is -1.23. The van der Waals surface area contributed by atoms with E-state index >= 15 is 0 Å². The highest BCUT2D eigenvalue weighted by Crippen LogP contribution is 2.46. The molecule has 0 amide bonds. The van der Waals surface area contributed by atoms with Crippen LogP contribution in [0.25, 0.3) is 0 Å². The Morgan fingerprint density at radius 2 is 2.11 bits per heavy atom. The Morgan fingerprint density at radius 3 is 2.79 bits per heavy atom. The zero-order chi connectivity index (χ0) is 13.8. The van der Waals surface area contributed by atoms with Crippen LogP contribution < -0.4 is 10.1 Å². The fraction of sp³-hybridized carbons (Fsp3) is 0.571. The minimum absolute atomic E-state index is 0.157. The number of benzene rings is 1. The molecular formula is C14H19NO3S. The molecule has 3 rings (SSSR count). The molecule has 4 nitrogen and oxygen atoms in total. The Labute approximate surface area is 114 Å². The van der Waals surface area contributed by atoms with E-state index in [-0.39, 0.29) is 17.6 Å². The lowest BCUT2D eigenvalue weighted by atomic mass is 9.88. The molecule has 0 aromatic heterocycles. The molecule has 104 valence electrons. The number of sulfone groups is 1. The van der Waals surface area contributed by atoms with E-state index in [1.165, 1.54) is 6.26 Å². The number of hydrogen-bond acceptors (Lipinski definition) is 4. The SMILES string of the molecule is CC1(C)CCC2Nc3cc(S(C)(=O)=O)ccc3OC21. The van der Waals surface area contributed by atoms with Gasteiger partial charge in [-0.25, -0.2) is 8.42 Å². The summed E-state index contributed by atoms with van der Waals surface area (Å²) in [6.45, 7) is 4.43. The molecule has 1 aliphatic heterocycles. The first-order valence-corrected chi connectivity index (χ1v) is 8.44. The topological polar surface area (TPSA) is 55.4 Å². The first kappa shape index (κ1) is 12.8. The van der Waals surface area contributed by atoms with Crippen LogP contribution in [0.4, 0.5) is 5.69 Å². The van der Waals surface area contributed by atoms with Crippen LogP contribution in [-0.2, 0) is 9.84 Å². The Balaban J connectivity index is 1.99. The van der Waals surface area contributed by atoms with Gasteiger partial charge in [-0.2, -0.15) is 0 Å². The van der Waals surface area contributed by atoms with E-state index < -0.39 is 9.84 Å². The second kappa shape index (κ2) is 3.88. The summed E-state index contributed by atoms with van der Waals surface area (Å²) in [5, 5.41) is 3.44. The summed E-state index contributed by atoms with van der Waals surface area (Å²) in [5.41, 5.74) is 0.951. The van der Waals surface area contributed by atoms with Gasteiger partial charge in [0.05, 0.1) is 16.6 Å². The molecule has 0 radical (unpaired) electrons. The number of anilines is 1. The third-order valence-corrected chi connectivity index (χ3v) is 5.32. The molecular weight excluding hydrogens is 262 g/mol. The molecule has 0 spiro atoms. The molecule has 2 unspecified atom stereocenters. The fourth-order valence-corrected chi connectivity index (χ4v) is 3.69.